The molecule has 5 nitrogen and oxygen atoms in total. The molecule has 0 heterocycles. The minimum absolute atomic E-state index is 0.209. The van der Waals surface area contributed by atoms with Gasteiger partial charge in [-0.3, -0.25) is 0 Å². The molecule has 0 bridgehead atoms. The molecule has 0 aliphatic rings. The third-order valence-corrected chi connectivity index (χ3v) is 2.46. The number of hydrogen-bond acceptors (Lipinski definition) is 3. The molecule has 0 aromatic heterocycles. The molecule has 0 amide bonds. The second-order valence-electron chi connectivity index (χ2n) is 3.90. The van der Waals surface area contributed by atoms with Gasteiger partial charge < -0.3 is 14.9 Å². The Hall–Kier alpha value is -1.88. The Balaban J connectivity index is 2.80. The average Bonchev–Trinajstić information content (AvgIpc) is 2.34. The molecule has 1 aromatic carbocycles. The zero-order valence-corrected chi connectivity index (χ0v) is 10.2. The molecule has 0 unspecified atom stereocenters. The van der Waals surface area contributed by atoms with E-state index in [2.05, 4.69) is 0 Å². The highest BCUT2D eigenvalue weighted by Gasteiger charge is 2.16. The van der Waals surface area contributed by atoms with Crippen LogP contribution in [0.3, 0.4) is 0 Å². The predicted molar refractivity (Wildman–Crippen MR) is 64.9 cm³/mol. The van der Waals surface area contributed by atoms with Crippen LogP contribution >= 0.6 is 0 Å². The van der Waals surface area contributed by atoms with Gasteiger partial charge >= 0.3 is 11.9 Å². The van der Waals surface area contributed by atoms with Gasteiger partial charge in [0.2, 0.25) is 0 Å². The van der Waals surface area contributed by atoms with Crippen LogP contribution in [0.5, 0.6) is 0 Å². The lowest BCUT2D eigenvalue weighted by atomic mass is 10.0. The lowest BCUT2D eigenvalue weighted by Gasteiger charge is -2.06. The van der Waals surface area contributed by atoms with E-state index >= 15 is 0 Å². The number of carbonyl (C=O) groups is 2. The Labute approximate surface area is 105 Å². The lowest BCUT2D eigenvalue weighted by molar-refractivity contribution is 0.0650. The summed E-state index contributed by atoms with van der Waals surface area (Å²) in [4.78, 5) is 21.8. The molecule has 1 aromatic rings. The molecular formula is C13H16O5. The van der Waals surface area contributed by atoms with Gasteiger partial charge in [-0.15, -0.1) is 0 Å². The van der Waals surface area contributed by atoms with Gasteiger partial charge in [0.05, 0.1) is 17.7 Å². The molecule has 2 N–H and O–H groups in total. The lowest BCUT2D eigenvalue weighted by Crippen LogP contribution is -2.09. The number of aromatic carboxylic acids is 2. The smallest absolute Gasteiger partial charge is 0.336 e. The van der Waals surface area contributed by atoms with Gasteiger partial charge in [-0.05, 0) is 24.1 Å². The maximum absolute atomic E-state index is 11.0. The maximum atomic E-state index is 11.0. The van der Waals surface area contributed by atoms with Crippen LogP contribution in [-0.2, 0) is 11.3 Å². The monoisotopic (exact) mass is 252 g/mol. The van der Waals surface area contributed by atoms with Crippen molar-refractivity contribution in [3.63, 3.8) is 0 Å². The number of ether oxygens (including phenoxy) is 1. The number of carboxylic acid groups (broad SMARTS) is 2. The summed E-state index contributed by atoms with van der Waals surface area (Å²) in [5.74, 6) is -2.49. The van der Waals surface area contributed by atoms with E-state index in [0.717, 1.165) is 12.8 Å². The molecule has 0 spiro atoms. The van der Waals surface area contributed by atoms with E-state index in [1.54, 1.807) is 6.07 Å². The molecule has 0 aliphatic carbocycles. The van der Waals surface area contributed by atoms with Crippen LogP contribution in [0, 0.1) is 0 Å². The summed E-state index contributed by atoms with van der Waals surface area (Å²) in [7, 11) is 0. The fourth-order valence-electron chi connectivity index (χ4n) is 1.48. The molecule has 0 fully saturated rings. The van der Waals surface area contributed by atoms with Gasteiger partial charge in [-0.2, -0.15) is 0 Å². The zero-order chi connectivity index (χ0) is 13.5. The van der Waals surface area contributed by atoms with Crippen molar-refractivity contribution in [1.29, 1.82) is 0 Å². The van der Waals surface area contributed by atoms with Crippen molar-refractivity contribution in [3.05, 3.63) is 34.9 Å². The van der Waals surface area contributed by atoms with E-state index in [1.807, 2.05) is 6.92 Å². The predicted octanol–water partition coefficient (Wildman–Crippen LogP) is 2.40. The second-order valence-corrected chi connectivity index (χ2v) is 3.90. The van der Waals surface area contributed by atoms with Crippen molar-refractivity contribution in [1.82, 2.24) is 0 Å². The van der Waals surface area contributed by atoms with E-state index < -0.39 is 11.9 Å². The molecule has 0 atom stereocenters. The Kier molecular flexibility index (Phi) is 5.32. The summed E-state index contributed by atoms with van der Waals surface area (Å²) in [6, 6.07) is 4.21. The first-order valence-corrected chi connectivity index (χ1v) is 5.73. The minimum Gasteiger partial charge on any atom is -0.478 e. The number of rotatable bonds is 7. The summed E-state index contributed by atoms with van der Waals surface area (Å²) in [6.45, 7) is 2.95. The normalized spacial score (nSPS) is 10.3. The first kappa shape index (κ1) is 14.2. The maximum Gasteiger partial charge on any atom is 0.336 e. The van der Waals surface area contributed by atoms with Crippen LogP contribution in [-0.4, -0.2) is 28.8 Å². The number of unbranched alkanes of at least 4 members (excludes halogenated alkanes) is 1. The zero-order valence-electron chi connectivity index (χ0n) is 10.2. The van der Waals surface area contributed by atoms with Gasteiger partial charge in [-0.25, -0.2) is 9.59 Å². The van der Waals surface area contributed by atoms with Gasteiger partial charge in [0, 0.05) is 6.61 Å². The standard InChI is InChI=1S/C13H16O5/c1-2-3-6-18-8-9-4-5-10(12(14)15)11(7-9)13(16)17/h4-5,7H,2-3,6,8H2,1H3,(H,14,15)(H,16,17). The molecule has 1 rings (SSSR count). The van der Waals surface area contributed by atoms with Gasteiger partial charge in [0.25, 0.3) is 0 Å². The largest absolute Gasteiger partial charge is 0.478 e. The molecule has 0 saturated heterocycles. The van der Waals surface area contributed by atoms with Crippen LogP contribution in [0.25, 0.3) is 0 Å². The average molecular weight is 252 g/mol. The van der Waals surface area contributed by atoms with Crippen molar-refractivity contribution in [2.75, 3.05) is 6.61 Å². The highest BCUT2D eigenvalue weighted by molar-refractivity contribution is 6.01. The molecule has 98 valence electrons. The van der Waals surface area contributed by atoms with Gasteiger partial charge in [-0.1, -0.05) is 19.4 Å². The van der Waals surface area contributed by atoms with E-state index in [9.17, 15) is 9.59 Å². The topological polar surface area (TPSA) is 83.8 Å². The highest BCUT2D eigenvalue weighted by atomic mass is 16.5. The Morgan fingerprint density at radius 1 is 1.17 bits per heavy atom. The number of benzene rings is 1. The first-order chi connectivity index (χ1) is 8.56. The highest BCUT2D eigenvalue weighted by Crippen LogP contribution is 2.13. The number of carboxylic acids is 2. The SMILES string of the molecule is CCCCOCc1ccc(C(=O)O)c(C(=O)O)c1. The summed E-state index contributed by atoms with van der Waals surface area (Å²) < 4.78 is 5.35. The fraction of sp³-hybridized carbons (Fsp3) is 0.385. The number of hydrogen-bond donors (Lipinski definition) is 2. The summed E-state index contributed by atoms with van der Waals surface area (Å²) in [6.07, 6.45) is 1.97. The van der Waals surface area contributed by atoms with Crippen molar-refractivity contribution >= 4 is 11.9 Å². The van der Waals surface area contributed by atoms with Crippen LogP contribution in [0.1, 0.15) is 46.0 Å². The molecule has 18 heavy (non-hydrogen) atoms. The molecule has 0 saturated carbocycles. The van der Waals surface area contributed by atoms with Crippen molar-refractivity contribution < 1.29 is 24.5 Å². The van der Waals surface area contributed by atoms with Crippen LogP contribution in [0.15, 0.2) is 18.2 Å². The fourth-order valence-corrected chi connectivity index (χ4v) is 1.48. The summed E-state index contributed by atoms with van der Waals surface area (Å²) >= 11 is 0. The molecule has 5 heteroatoms. The van der Waals surface area contributed by atoms with E-state index in [0.29, 0.717) is 18.8 Å². The molecule has 0 radical (unpaired) electrons. The summed E-state index contributed by atoms with van der Waals surface area (Å²) in [5.41, 5.74) is 0.243. The third kappa shape index (κ3) is 3.85. The van der Waals surface area contributed by atoms with E-state index in [-0.39, 0.29) is 11.1 Å². The van der Waals surface area contributed by atoms with Crippen LogP contribution < -0.4 is 0 Å². The van der Waals surface area contributed by atoms with E-state index in [1.165, 1.54) is 12.1 Å². The van der Waals surface area contributed by atoms with Crippen LogP contribution in [0.4, 0.5) is 0 Å². The second kappa shape index (κ2) is 6.76. The van der Waals surface area contributed by atoms with Crippen LogP contribution in [0.2, 0.25) is 0 Å². The quantitative estimate of drug-likeness (QED) is 0.728. The summed E-state index contributed by atoms with van der Waals surface area (Å²) in [5, 5.41) is 17.8. The third-order valence-electron chi connectivity index (χ3n) is 2.46. The molecular weight excluding hydrogens is 236 g/mol. The van der Waals surface area contributed by atoms with Gasteiger partial charge in [0.15, 0.2) is 0 Å². The van der Waals surface area contributed by atoms with Crippen molar-refractivity contribution in [3.8, 4) is 0 Å². The van der Waals surface area contributed by atoms with E-state index in [4.69, 9.17) is 14.9 Å². The first-order valence-electron chi connectivity index (χ1n) is 5.73. The van der Waals surface area contributed by atoms with Gasteiger partial charge in [0.1, 0.15) is 0 Å². The minimum atomic E-state index is -1.25. The molecule has 0 aliphatic heterocycles. The Morgan fingerprint density at radius 2 is 1.83 bits per heavy atom. The van der Waals surface area contributed by atoms with Crippen molar-refractivity contribution in [2.24, 2.45) is 0 Å². The van der Waals surface area contributed by atoms with Crippen molar-refractivity contribution in [2.45, 2.75) is 26.4 Å². The Bertz CT molecular complexity index is 439. The Morgan fingerprint density at radius 3 is 2.39 bits per heavy atom.